The number of amides is 1. The first-order valence-electron chi connectivity index (χ1n) is 9.97. The first-order chi connectivity index (χ1) is 15.2. The number of nitrogens with zero attached hydrogens (tertiary/aromatic N) is 1. The summed E-state index contributed by atoms with van der Waals surface area (Å²) in [5.41, 5.74) is 2.64. The number of carbonyl (C=O) groups is 2. The normalized spacial score (nSPS) is 11.2. The second-order valence-corrected chi connectivity index (χ2v) is 9.33. The molecule has 32 heavy (non-hydrogen) atoms. The van der Waals surface area contributed by atoms with Gasteiger partial charge in [0.1, 0.15) is 11.5 Å². The van der Waals surface area contributed by atoms with E-state index in [1.54, 1.807) is 32.0 Å². The number of oxazole rings is 1. The Kier molecular flexibility index (Phi) is 7.09. The molecule has 3 rings (SSSR count). The van der Waals surface area contributed by atoms with Gasteiger partial charge < -0.3 is 14.5 Å². The van der Waals surface area contributed by atoms with Gasteiger partial charge in [0.2, 0.25) is 11.8 Å². The van der Waals surface area contributed by atoms with Gasteiger partial charge in [0.15, 0.2) is 9.84 Å². The van der Waals surface area contributed by atoms with Gasteiger partial charge in [0, 0.05) is 11.3 Å². The van der Waals surface area contributed by atoms with E-state index in [0.29, 0.717) is 17.3 Å². The lowest BCUT2D eigenvalue weighted by molar-refractivity contribution is -0.113. The summed E-state index contributed by atoms with van der Waals surface area (Å²) < 4.78 is 35.7. The molecular weight excluding hydrogens is 432 g/mol. The van der Waals surface area contributed by atoms with Crippen LogP contribution in [0.4, 0.5) is 5.69 Å². The predicted octanol–water partition coefficient (Wildman–Crippen LogP) is 3.69. The Labute approximate surface area is 186 Å². The highest BCUT2D eigenvalue weighted by Crippen LogP contribution is 2.23. The topological polar surface area (TPSA) is 116 Å². The van der Waals surface area contributed by atoms with E-state index < -0.39 is 33.2 Å². The minimum Gasteiger partial charge on any atom is -0.462 e. The molecule has 168 valence electrons. The molecule has 2 aromatic carbocycles. The zero-order valence-electron chi connectivity index (χ0n) is 18.0. The Morgan fingerprint density at radius 2 is 1.81 bits per heavy atom. The average Bonchev–Trinajstić information content (AvgIpc) is 3.07. The molecule has 0 spiro atoms. The molecule has 1 heterocycles. The van der Waals surface area contributed by atoms with Gasteiger partial charge in [-0.05, 0) is 51.1 Å². The van der Waals surface area contributed by atoms with E-state index in [1.165, 1.54) is 6.07 Å². The Morgan fingerprint density at radius 1 is 1.09 bits per heavy atom. The maximum absolute atomic E-state index is 12.6. The van der Waals surface area contributed by atoms with Crippen LogP contribution in [-0.2, 0) is 25.1 Å². The molecule has 0 saturated carbocycles. The van der Waals surface area contributed by atoms with Crippen molar-refractivity contribution in [3.63, 3.8) is 0 Å². The number of carbonyl (C=O) groups excluding carboxylic acids is 2. The van der Waals surface area contributed by atoms with Gasteiger partial charge in [-0.1, -0.05) is 23.8 Å². The number of rotatable bonds is 8. The van der Waals surface area contributed by atoms with Crippen molar-refractivity contribution >= 4 is 27.4 Å². The average molecular weight is 457 g/mol. The van der Waals surface area contributed by atoms with E-state index in [0.717, 1.165) is 11.1 Å². The van der Waals surface area contributed by atoms with E-state index in [2.05, 4.69) is 10.3 Å². The second kappa shape index (κ2) is 9.78. The number of hydrogen-bond donors (Lipinski definition) is 1. The SMILES string of the molecule is CCOC(=O)c1cccc(NC(=O)CS(=O)(=O)Cc2nc(-c3ccc(C)cc3)oc2C)c1. The van der Waals surface area contributed by atoms with Gasteiger partial charge in [0.25, 0.3) is 0 Å². The molecule has 0 fully saturated rings. The van der Waals surface area contributed by atoms with Crippen LogP contribution in [-0.4, -0.2) is 37.6 Å². The predicted molar refractivity (Wildman–Crippen MR) is 120 cm³/mol. The number of hydrogen-bond acceptors (Lipinski definition) is 7. The van der Waals surface area contributed by atoms with E-state index in [1.807, 2.05) is 31.2 Å². The van der Waals surface area contributed by atoms with Gasteiger partial charge in [-0.25, -0.2) is 18.2 Å². The van der Waals surface area contributed by atoms with Crippen LogP contribution in [0.2, 0.25) is 0 Å². The fourth-order valence-corrected chi connectivity index (χ4v) is 4.23. The molecule has 3 aromatic rings. The number of esters is 1. The van der Waals surface area contributed by atoms with Crippen LogP contribution in [0.3, 0.4) is 0 Å². The van der Waals surface area contributed by atoms with Crippen molar-refractivity contribution in [1.82, 2.24) is 4.98 Å². The van der Waals surface area contributed by atoms with Gasteiger partial charge in [-0.3, -0.25) is 4.79 Å². The van der Waals surface area contributed by atoms with Crippen molar-refractivity contribution in [2.75, 3.05) is 17.7 Å². The first-order valence-corrected chi connectivity index (χ1v) is 11.8. The summed E-state index contributed by atoms with van der Waals surface area (Å²) in [7, 11) is -3.81. The fraction of sp³-hybridized carbons (Fsp3) is 0.261. The van der Waals surface area contributed by atoms with Crippen molar-refractivity contribution < 1.29 is 27.2 Å². The minimum atomic E-state index is -3.81. The number of aromatic nitrogens is 1. The first kappa shape index (κ1) is 23.2. The van der Waals surface area contributed by atoms with E-state index in [-0.39, 0.29) is 17.9 Å². The lowest BCUT2D eigenvalue weighted by Crippen LogP contribution is -2.24. The Hall–Kier alpha value is -3.46. The highest BCUT2D eigenvalue weighted by atomic mass is 32.2. The van der Waals surface area contributed by atoms with Crippen LogP contribution in [0.1, 0.15) is 34.3 Å². The van der Waals surface area contributed by atoms with Crippen LogP contribution in [0.15, 0.2) is 52.9 Å². The molecule has 0 bridgehead atoms. The lowest BCUT2D eigenvalue weighted by atomic mass is 10.1. The van der Waals surface area contributed by atoms with Crippen LogP contribution in [0.25, 0.3) is 11.5 Å². The van der Waals surface area contributed by atoms with Gasteiger partial charge >= 0.3 is 5.97 Å². The second-order valence-electron chi connectivity index (χ2n) is 7.27. The van der Waals surface area contributed by atoms with Crippen molar-refractivity contribution in [2.45, 2.75) is 26.5 Å². The standard InChI is InChI=1S/C23H24N2O6S/c1-4-30-23(27)18-6-5-7-19(12-18)24-21(26)14-32(28,29)13-20-16(3)31-22(25-20)17-10-8-15(2)9-11-17/h5-12H,4,13-14H2,1-3H3,(H,24,26). The van der Waals surface area contributed by atoms with Crippen molar-refractivity contribution in [1.29, 1.82) is 0 Å². The molecule has 0 aliphatic heterocycles. The largest absolute Gasteiger partial charge is 0.462 e. The van der Waals surface area contributed by atoms with Gasteiger partial charge in [-0.2, -0.15) is 0 Å². The maximum Gasteiger partial charge on any atom is 0.338 e. The summed E-state index contributed by atoms with van der Waals surface area (Å²) in [6.07, 6.45) is 0. The summed E-state index contributed by atoms with van der Waals surface area (Å²) in [6, 6.07) is 13.6. The monoisotopic (exact) mass is 456 g/mol. The number of sulfone groups is 1. The van der Waals surface area contributed by atoms with E-state index >= 15 is 0 Å². The molecule has 0 aliphatic carbocycles. The zero-order valence-corrected chi connectivity index (χ0v) is 18.9. The molecule has 0 saturated heterocycles. The maximum atomic E-state index is 12.6. The molecule has 1 aromatic heterocycles. The third-order valence-electron chi connectivity index (χ3n) is 4.56. The van der Waals surface area contributed by atoms with Crippen LogP contribution in [0, 0.1) is 13.8 Å². The summed E-state index contributed by atoms with van der Waals surface area (Å²) in [6.45, 7) is 5.51. The van der Waals surface area contributed by atoms with E-state index in [4.69, 9.17) is 9.15 Å². The van der Waals surface area contributed by atoms with Crippen molar-refractivity contribution in [2.24, 2.45) is 0 Å². The smallest absolute Gasteiger partial charge is 0.338 e. The fourth-order valence-electron chi connectivity index (χ4n) is 2.98. The summed E-state index contributed by atoms with van der Waals surface area (Å²) >= 11 is 0. The Balaban J connectivity index is 1.67. The summed E-state index contributed by atoms with van der Waals surface area (Å²) in [4.78, 5) is 28.4. The highest BCUT2D eigenvalue weighted by molar-refractivity contribution is 7.91. The third-order valence-corrected chi connectivity index (χ3v) is 5.97. The molecular formula is C23H24N2O6S. The molecule has 0 aliphatic rings. The zero-order chi connectivity index (χ0) is 23.3. The number of anilines is 1. The van der Waals surface area contributed by atoms with Gasteiger partial charge in [0.05, 0.1) is 23.6 Å². The molecule has 1 N–H and O–H groups in total. The molecule has 8 nitrogen and oxygen atoms in total. The quantitative estimate of drug-likeness (QED) is 0.514. The van der Waals surface area contributed by atoms with Gasteiger partial charge in [-0.15, -0.1) is 0 Å². The summed E-state index contributed by atoms with van der Waals surface area (Å²) in [5, 5.41) is 2.50. The molecule has 0 atom stereocenters. The molecule has 0 radical (unpaired) electrons. The van der Waals surface area contributed by atoms with Crippen LogP contribution in [0.5, 0.6) is 0 Å². The number of ether oxygens (including phenoxy) is 1. The Morgan fingerprint density at radius 3 is 2.50 bits per heavy atom. The number of aryl methyl sites for hydroxylation is 2. The van der Waals surface area contributed by atoms with Crippen molar-refractivity contribution in [3.8, 4) is 11.5 Å². The third kappa shape index (κ3) is 6.04. The van der Waals surface area contributed by atoms with Crippen LogP contribution >= 0.6 is 0 Å². The molecule has 0 unspecified atom stereocenters. The molecule has 1 amide bonds. The number of nitrogens with one attached hydrogen (secondary N) is 1. The lowest BCUT2D eigenvalue weighted by Gasteiger charge is -2.08. The highest BCUT2D eigenvalue weighted by Gasteiger charge is 2.22. The molecule has 9 heteroatoms. The summed E-state index contributed by atoms with van der Waals surface area (Å²) in [5.74, 6) is -1.69. The van der Waals surface area contributed by atoms with Crippen molar-refractivity contribution in [3.05, 3.63) is 71.1 Å². The number of benzene rings is 2. The minimum absolute atomic E-state index is 0.223. The van der Waals surface area contributed by atoms with Crippen LogP contribution < -0.4 is 5.32 Å². The Bertz CT molecular complexity index is 1230. The van der Waals surface area contributed by atoms with E-state index in [9.17, 15) is 18.0 Å².